The van der Waals surface area contributed by atoms with E-state index in [9.17, 15) is 4.79 Å². The molecule has 1 rings (SSSR count). The van der Waals surface area contributed by atoms with Crippen molar-refractivity contribution in [2.24, 2.45) is 0 Å². The third-order valence-corrected chi connectivity index (χ3v) is 5.04. The molecular weight excluding hydrogens is 240 g/mol. The lowest BCUT2D eigenvalue weighted by molar-refractivity contribution is -0.120. The smallest absolute Gasteiger partial charge is 0.234 e. The van der Waals surface area contributed by atoms with Gasteiger partial charge in [0.25, 0.3) is 0 Å². The number of amides is 1. The van der Waals surface area contributed by atoms with Crippen LogP contribution in [0.3, 0.4) is 0 Å². The standard InChI is InChI=1S/C11H22N2OS2/c1-11(2,3)13-7-10(14)12-6-9-8-15-4-5-16-9/h9,13H,4-8H2,1-3H3,(H,12,14). The van der Waals surface area contributed by atoms with Crippen LogP contribution in [0.25, 0.3) is 0 Å². The minimum absolute atomic E-state index is 0.00673. The van der Waals surface area contributed by atoms with Gasteiger partial charge in [0.1, 0.15) is 0 Å². The molecule has 0 spiro atoms. The van der Waals surface area contributed by atoms with Crippen LogP contribution in [0.15, 0.2) is 0 Å². The first-order valence-electron chi connectivity index (χ1n) is 5.68. The van der Waals surface area contributed by atoms with Crippen molar-refractivity contribution in [3.63, 3.8) is 0 Å². The largest absolute Gasteiger partial charge is 0.354 e. The molecule has 3 nitrogen and oxygen atoms in total. The zero-order chi connectivity index (χ0) is 12.0. The third-order valence-electron chi connectivity index (χ3n) is 2.19. The van der Waals surface area contributed by atoms with E-state index in [2.05, 4.69) is 31.4 Å². The van der Waals surface area contributed by atoms with Crippen molar-refractivity contribution in [2.45, 2.75) is 31.6 Å². The van der Waals surface area contributed by atoms with Gasteiger partial charge in [0, 0.05) is 34.6 Å². The number of carbonyl (C=O) groups excluding carboxylic acids is 1. The van der Waals surface area contributed by atoms with Crippen LogP contribution >= 0.6 is 23.5 Å². The molecule has 16 heavy (non-hydrogen) atoms. The fourth-order valence-electron chi connectivity index (χ4n) is 1.29. The summed E-state index contributed by atoms with van der Waals surface area (Å²) < 4.78 is 0. The number of thioether (sulfide) groups is 2. The Hall–Kier alpha value is 0.130. The van der Waals surface area contributed by atoms with Crippen LogP contribution in [0, 0.1) is 0 Å². The summed E-state index contributed by atoms with van der Waals surface area (Å²) in [4.78, 5) is 11.5. The Morgan fingerprint density at radius 1 is 1.38 bits per heavy atom. The van der Waals surface area contributed by atoms with Crippen LogP contribution < -0.4 is 10.6 Å². The summed E-state index contributed by atoms with van der Waals surface area (Å²) >= 11 is 3.96. The van der Waals surface area contributed by atoms with Gasteiger partial charge in [-0.15, -0.1) is 0 Å². The van der Waals surface area contributed by atoms with E-state index >= 15 is 0 Å². The van der Waals surface area contributed by atoms with Gasteiger partial charge >= 0.3 is 0 Å². The van der Waals surface area contributed by atoms with E-state index in [4.69, 9.17) is 0 Å². The molecule has 1 unspecified atom stereocenters. The summed E-state index contributed by atoms with van der Waals surface area (Å²) in [6, 6.07) is 0. The van der Waals surface area contributed by atoms with Gasteiger partial charge < -0.3 is 10.6 Å². The quantitative estimate of drug-likeness (QED) is 0.802. The Kier molecular flexibility index (Phi) is 6.00. The predicted molar refractivity (Wildman–Crippen MR) is 74.3 cm³/mol. The van der Waals surface area contributed by atoms with Crippen molar-refractivity contribution in [3.05, 3.63) is 0 Å². The number of rotatable bonds is 4. The minimum atomic E-state index is 0.00673. The predicted octanol–water partition coefficient (Wildman–Crippen LogP) is 1.34. The van der Waals surface area contributed by atoms with Crippen LogP contribution in [0.4, 0.5) is 0 Å². The van der Waals surface area contributed by atoms with Crippen LogP contribution in [0.5, 0.6) is 0 Å². The summed E-state index contributed by atoms with van der Waals surface area (Å²) in [5.41, 5.74) is 0.00673. The molecule has 94 valence electrons. The minimum Gasteiger partial charge on any atom is -0.354 e. The van der Waals surface area contributed by atoms with Gasteiger partial charge in [-0.05, 0) is 20.8 Å². The first-order valence-corrected chi connectivity index (χ1v) is 7.89. The van der Waals surface area contributed by atoms with Crippen molar-refractivity contribution < 1.29 is 4.79 Å². The molecule has 1 heterocycles. The van der Waals surface area contributed by atoms with Crippen molar-refractivity contribution in [3.8, 4) is 0 Å². The zero-order valence-electron chi connectivity index (χ0n) is 10.3. The molecule has 2 N–H and O–H groups in total. The van der Waals surface area contributed by atoms with Gasteiger partial charge in [-0.3, -0.25) is 4.79 Å². The van der Waals surface area contributed by atoms with E-state index in [0.717, 1.165) is 12.3 Å². The van der Waals surface area contributed by atoms with Gasteiger partial charge in [0.05, 0.1) is 6.54 Å². The molecule has 1 amide bonds. The van der Waals surface area contributed by atoms with E-state index in [1.54, 1.807) is 0 Å². The van der Waals surface area contributed by atoms with Gasteiger partial charge in [0.2, 0.25) is 5.91 Å². The molecule has 5 heteroatoms. The molecule has 0 aromatic carbocycles. The SMILES string of the molecule is CC(C)(C)NCC(=O)NCC1CSCCS1. The highest BCUT2D eigenvalue weighted by Crippen LogP contribution is 2.23. The number of hydrogen-bond donors (Lipinski definition) is 2. The summed E-state index contributed by atoms with van der Waals surface area (Å²) in [5, 5.41) is 6.77. The van der Waals surface area contributed by atoms with E-state index in [-0.39, 0.29) is 11.4 Å². The molecule has 0 radical (unpaired) electrons. The molecule has 1 aliphatic heterocycles. The normalized spacial score (nSPS) is 21.8. The molecule has 1 saturated heterocycles. The van der Waals surface area contributed by atoms with Crippen molar-refractivity contribution in [2.75, 3.05) is 30.3 Å². The monoisotopic (exact) mass is 262 g/mol. The van der Waals surface area contributed by atoms with Gasteiger partial charge in [-0.1, -0.05) is 0 Å². The Bertz CT molecular complexity index is 223. The summed E-state index contributed by atoms with van der Waals surface area (Å²) in [7, 11) is 0. The van der Waals surface area contributed by atoms with E-state index in [0.29, 0.717) is 11.8 Å². The second-order valence-electron chi connectivity index (χ2n) is 4.98. The molecule has 0 aromatic heterocycles. The second kappa shape index (κ2) is 6.77. The van der Waals surface area contributed by atoms with E-state index in [1.807, 2.05) is 23.5 Å². The molecule has 0 bridgehead atoms. The van der Waals surface area contributed by atoms with Crippen molar-refractivity contribution in [1.29, 1.82) is 0 Å². The van der Waals surface area contributed by atoms with Crippen LogP contribution in [-0.2, 0) is 4.79 Å². The van der Waals surface area contributed by atoms with Crippen molar-refractivity contribution >= 4 is 29.4 Å². The lowest BCUT2D eigenvalue weighted by Crippen LogP contribution is -2.44. The maximum Gasteiger partial charge on any atom is 0.234 e. The molecule has 1 aliphatic rings. The third kappa shape index (κ3) is 6.66. The lowest BCUT2D eigenvalue weighted by atomic mass is 10.1. The fraction of sp³-hybridized carbons (Fsp3) is 0.909. The van der Waals surface area contributed by atoms with Gasteiger partial charge in [-0.25, -0.2) is 0 Å². The Labute approximate surface area is 107 Å². The van der Waals surface area contributed by atoms with Crippen LogP contribution in [0.2, 0.25) is 0 Å². The maximum atomic E-state index is 11.5. The second-order valence-corrected chi connectivity index (χ2v) is 7.53. The molecule has 1 fully saturated rings. The summed E-state index contributed by atoms with van der Waals surface area (Å²) in [6.07, 6.45) is 0. The Morgan fingerprint density at radius 2 is 2.12 bits per heavy atom. The highest BCUT2D eigenvalue weighted by Gasteiger charge is 2.16. The molecule has 0 aliphatic carbocycles. The summed E-state index contributed by atoms with van der Waals surface area (Å²) in [6.45, 7) is 7.41. The number of carbonyl (C=O) groups is 1. The van der Waals surface area contributed by atoms with E-state index < -0.39 is 0 Å². The summed E-state index contributed by atoms with van der Waals surface area (Å²) in [5.74, 6) is 3.73. The molecule has 1 atom stereocenters. The van der Waals surface area contributed by atoms with Gasteiger partial charge in [-0.2, -0.15) is 23.5 Å². The highest BCUT2D eigenvalue weighted by molar-refractivity contribution is 8.06. The topological polar surface area (TPSA) is 41.1 Å². The van der Waals surface area contributed by atoms with Crippen LogP contribution in [0.1, 0.15) is 20.8 Å². The first-order chi connectivity index (χ1) is 7.47. The Balaban J connectivity index is 2.09. The fourth-order valence-corrected chi connectivity index (χ4v) is 3.90. The lowest BCUT2D eigenvalue weighted by Gasteiger charge is -2.23. The average Bonchev–Trinajstić information content (AvgIpc) is 2.24. The van der Waals surface area contributed by atoms with Crippen molar-refractivity contribution in [1.82, 2.24) is 10.6 Å². The van der Waals surface area contributed by atoms with Crippen LogP contribution in [-0.4, -0.2) is 47.0 Å². The molecule has 0 aromatic rings. The van der Waals surface area contributed by atoms with E-state index in [1.165, 1.54) is 11.5 Å². The van der Waals surface area contributed by atoms with Gasteiger partial charge in [0.15, 0.2) is 0 Å². The zero-order valence-corrected chi connectivity index (χ0v) is 12.0. The average molecular weight is 262 g/mol. The highest BCUT2D eigenvalue weighted by atomic mass is 32.2. The maximum absolute atomic E-state index is 11.5. The molecular formula is C11H22N2OS2. The first kappa shape index (κ1) is 14.2. The number of nitrogens with one attached hydrogen (secondary N) is 2. The Morgan fingerprint density at radius 3 is 2.69 bits per heavy atom. The number of hydrogen-bond acceptors (Lipinski definition) is 4. The molecule has 0 saturated carbocycles.